The van der Waals surface area contributed by atoms with Gasteiger partial charge in [-0.3, -0.25) is 19.2 Å². The van der Waals surface area contributed by atoms with E-state index in [0.29, 0.717) is 12.8 Å². The molecule has 90 valence electrons. The number of hydrogen-bond donors (Lipinski definition) is 0. The molecule has 0 heterocycles. The number of carbonyl (C=O) groups is 4. The first-order chi connectivity index (χ1) is 6.36. The van der Waals surface area contributed by atoms with E-state index in [9.17, 15) is 19.2 Å². The van der Waals surface area contributed by atoms with Gasteiger partial charge in [0, 0.05) is 47.8 Å². The molecule has 5 heteroatoms. The van der Waals surface area contributed by atoms with Gasteiger partial charge in [0.2, 0.25) is 0 Å². The Balaban J connectivity index is -0.000000180. The number of Topliss-reactive ketones (excluding diaryl/α,β-unsaturated/α-hetero) is 4. The molecule has 0 aromatic heterocycles. The molecule has 0 amide bonds. The standard InChI is InChI=1S/2C5H8O2.Pt/c2*1-3-5(7)4(2)6;/h2*3H2,1-2H3;. The molecule has 0 aliphatic carbocycles. The summed E-state index contributed by atoms with van der Waals surface area (Å²) >= 11 is 0. The molecule has 0 aliphatic rings. The van der Waals surface area contributed by atoms with Crippen LogP contribution in [0.2, 0.25) is 0 Å². The number of ketones is 4. The van der Waals surface area contributed by atoms with Crippen LogP contribution in [-0.2, 0) is 40.2 Å². The zero-order chi connectivity index (χ0) is 11.7. The van der Waals surface area contributed by atoms with E-state index in [1.165, 1.54) is 13.8 Å². The van der Waals surface area contributed by atoms with E-state index in [-0.39, 0.29) is 44.2 Å². The molecule has 4 nitrogen and oxygen atoms in total. The molecule has 0 aliphatic heterocycles. The van der Waals surface area contributed by atoms with Gasteiger partial charge in [-0.2, -0.15) is 0 Å². The molecule has 0 aromatic rings. The van der Waals surface area contributed by atoms with Gasteiger partial charge < -0.3 is 0 Å². The van der Waals surface area contributed by atoms with Gasteiger partial charge in [0.05, 0.1) is 0 Å². The largest absolute Gasteiger partial charge is 0.291 e. The van der Waals surface area contributed by atoms with E-state index in [1.807, 2.05) is 0 Å². The van der Waals surface area contributed by atoms with Crippen molar-refractivity contribution in [3.63, 3.8) is 0 Å². The summed E-state index contributed by atoms with van der Waals surface area (Å²) in [5.74, 6) is -1.27. The van der Waals surface area contributed by atoms with Crippen molar-refractivity contribution < 1.29 is 40.2 Å². The fraction of sp³-hybridized carbons (Fsp3) is 0.600. The maximum absolute atomic E-state index is 10.2. The Bertz CT molecular complexity index is 220. The summed E-state index contributed by atoms with van der Waals surface area (Å²) in [4.78, 5) is 40.4. The molecule has 0 N–H and O–H groups in total. The summed E-state index contributed by atoms with van der Waals surface area (Å²) in [5, 5.41) is 0. The van der Waals surface area contributed by atoms with Crippen molar-refractivity contribution in [1.29, 1.82) is 0 Å². The van der Waals surface area contributed by atoms with Crippen LogP contribution in [-0.4, -0.2) is 23.1 Å². The van der Waals surface area contributed by atoms with Crippen molar-refractivity contribution in [2.75, 3.05) is 0 Å². The van der Waals surface area contributed by atoms with Crippen molar-refractivity contribution in [2.24, 2.45) is 0 Å². The summed E-state index contributed by atoms with van der Waals surface area (Å²) < 4.78 is 0. The van der Waals surface area contributed by atoms with Crippen molar-refractivity contribution in [3.05, 3.63) is 0 Å². The second kappa shape index (κ2) is 11.4. The third-order valence-electron chi connectivity index (χ3n) is 1.43. The van der Waals surface area contributed by atoms with Crippen LogP contribution in [0.4, 0.5) is 0 Å². The predicted molar refractivity (Wildman–Crippen MR) is 52.0 cm³/mol. The van der Waals surface area contributed by atoms with Crippen LogP contribution < -0.4 is 0 Å². The summed E-state index contributed by atoms with van der Waals surface area (Å²) in [7, 11) is 0. The zero-order valence-corrected chi connectivity index (χ0v) is 11.6. The molecular formula is C10H16O4Pt. The Hall–Kier alpha value is -0.632. The minimum Gasteiger partial charge on any atom is -0.291 e. The van der Waals surface area contributed by atoms with Gasteiger partial charge in [0.25, 0.3) is 0 Å². The van der Waals surface area contributed by atoms with Crippen LogP contribution in [0.25, 0.3) is 0 Å². The molecule has 0 saturated heterocycles. The maximum atomic E-state index is 10.2. The van der Waals surface area contributed by atoms with Gasteiger partial charge in [-0.1, -0.05) is 13.8 Å². The van der Waals surface area contributed by atoms with Gasteiger partial charge in [-0.15, -0.1) is 0 Å². The molecule has 0 saturated carbocycles. The van der Waals surface area contributed by atoms with Gasteiger partial charge in [-0.25, -0.2) is 0 Å². The topological polar surface area (TPSA) is 68.3 Å². The smallest absolute Gasteiger partial charge is 0.197 e. The normalized spacial score (nSPS) is 7.73. The molecule has 15 heavy (non-hydrogen) atoms. The molecular weight excluding hydrogens is 379 g/mol. The molecule has 0 spiro atoms. The van der Waals surface area contributed by atoms with Crippen molar-refractivity contribution in [3.8, 4) is 0 Å². The molecule has 0 bridgehead atoms. The third kappa shape index (κ3) is 13.4. The van der Waals surface area contributed by atoms with Crippen LogP contribution in [0.1, 0.15) is 40.5 Å². The maximum Gasteiger partial charge on any atom is 0.197 e. The molecule has 0 aromatic carbocycles. The van der Waals surface area contributed by atoms with Crippen LogP contribution in [0.3, 0.4) is 0 Å². The van der Waals surface area contributed by atoms with Crippen LogP contribution in [0, 0.1) is 0 Å². The predicted octanol–water partition coefficient (Wildman–Crippen LogP) is 1.11. The number of hydrogen-bond acceptors (Lipinski definition) is 4. The van der Waals surface area contributed by atoms with E-state index >= 15 is 0 Å². The SMILES string of the molecule is CCC(=O)C(C)=O.CCC(=O)C(C)=O.[Pt]. The first-order valence-corrected chi connectivity index (χ1v) is 4.44. The van der Waals surface area contributed by atoms with Gasteiger partial charge in [0.1, 0.15) is 0 Å². The fourth-order valence-electron chi connectivity index (χ4n) is 0.498. The molecule has 0 atom stereocenters. The molecule has 0 rings (SSSR count). The first kappa shape index (κ1) is 19.9. The summed E-state index contributed by atoms with van der Waals surface area (Å²) in [5.41, 5.74) is 0. The number of carbonyl (C=O) groups excluding carboxylic acids is 4. The van der Waals surface area contributed by atoms with E-state index < -0.39 is 0 Å². The monoisotopic (exact) mass is 395 g/mol. The fourth-order valence-corrected chi connectivity index (χ4v) is 0.498. The Kier molecular flexibility index (Phi) is 15.2. The van der Waals surface area contributed by atoms with Crippen molar-refractivity contribution in [1.82, 2.24) is 0 Å². The second-order valence-corrected chi connectivity index (χ2v) is 2.67. The average Bonchev–Trinajstić information content (AvgIpc) is 2.15. The quantitative estimate of drug-likeness (QED) is 0.669. The van der Waals surface area contributed by atoms with E-state index in [2.05, 4.69) is 0 Å². The van der Waals surface area contributed by atoms with Gasteiger partial charge >= 0.3 is 0 Å². The summed E-state index contributed by atoms with van der Waals surface area (Å²) in [6, 6.07) is 0. The second-order valence-electron chi connectivity index (χ2n) is 2.67. The van der Waals surface area contributed by atoms with Gasteiger partial charge in [-0.05, 0) is 0 Å². The van der Waals surface area contributed by atoms with Crippen LogP contribution in [0.15, 0.2) is 0 Å². The average molecular weight is 395 g/mol. The Labute approximate surface area is 104 Å². The Morgan fingerprint density at radius 2 is 0.933 bits per heavy atom. The minimum atomic E-state index is -0.345. The van der Waals surface area contributed by atoms with Crippen molar-refractivity contribution >= 4 is 23.1 Å². The zero-order valence-electron chi connectivity index (χ0n) is 9.36. The van der Waals surface area contributed by atoms with E-state index in [1.54, 1.807) is 13.8 Å². The minimum absolute atomic E-state index is 0. The van der Waals surface area contributed by atoms with Crippen LogP contribution in [0.5, 0.6) is 0 Å². The van der Waals surface area contributed by atoms with Crippen LogP contribution >= 0.6 is 0 Å². The number of rotatable bonds is 4. The van der Waals surface area contributed by atoms with E-state index in [0.717, 1.165) is 0 Å². The van der Waals surface area contributed by atoms with Gasteiger partial charge in [0.15, 0.2) is 23.1 Å². The Morgan fingerprint density at radius 3 is 0.933 bits per heavy atom. The first-order valence-electron chi connectivity index (χ1n) is 4.44. The van der Waals surface area contributed by atoms with E-state index in [4.69, 9.17) is 0 Å². The molecule has 0 unspecified atom stereocenters. The van der Waals surface area contributed by atoms with Crippen molar-refractivity contribution in [2.45, 2.75) is 40.5 Å². The summed E-state index contributed by atoms with van der Waals surface area (Å²) in [6.07, 6.45) is 0.657. The summed E-state index contributed by atoms with van der Waals surface area (Å²) in [6.45, 7) is 5.91. The molecule has 0 radical (unpaired) electrons. The molecule has 0 fully saturated rings. The Morgan fingerprint density at radius 1 is 0.733 bits per heavy atom. The third-order valence-corrected chi connectivity index (χ3v) is 1.43.